The predicted molar refractivity (Wildman–Crippen MR) is 154 cm³/mol. The first-order valence-electron chi connectivity index (χ1n) is 12.5. The van der Waals surface area contributed by atoms with Crippen LogP contribution >= 0.6 is 0 Å². The third-order valence-electron chi connectivity index (χ3n) is 7.34. The summed E-state index contributed by atoms with van der Waals surface area (Å²) in [6.45, 7) is 30.0. The van der Waals surface area contributed by atoms with Crippen molar-refractivity contribution in [3.05, 3.63) is 155 Å². The largest absolute Gasteiger partial charge is 0.270 e. The van der Waals surface area contributed by atoms with Gasteiger partial charge in [0, 0.05) is 33.4 Å². The van der Waals surface area contributed by atoms with E-state index in [2.05, 4.69) is 19.4 Å². The highest BCUT2D eigenvalue weighted by atomic mass is 19.2. The summed E-state index contributed by atoms with van der Waals surface area (Å²) < 4.78 is 77.2. The quantitative estimate of drug-likeness (QED) is 0.163. The van der Waals surface area contributed by atoms with Gasteiger partial charge in [0.05, 0.1) is 49.6 Å². The van der Waals surface area contributed by atoms with Crippen molar-refractivity contribution < 1.29 is 22.0 Å². The highest BCUT2D eigenvalue weighted by Crippen LogP contribution is 2.57. The second-order valence-electron chi connectivity index (χ2n) is 9.40. The van der Waals surface area contributed by atoms with Gasteiger partial charge < -0.3 is 0 Å². The van der Waals surface area contributed by atoms with Crippen molar-refractivity contribution >= 4 is 39.2 Å². The molecule has 0 saturated heterocycles. The fraction of sp³-hybridized carbons (Fsp3) is 0. The Morgan fingerprint density at radius 1 is 0.574 bits per heavy atom. The zero-order chi connectivity index (χ0) is 34.3. The van der Waals surface area contributed by atoms with E-state index in [1.807, 2.05) is 0 Å². The van der Waals surface area contributed by atoms with E-state index >= 15 is 13.2 Å². The van der Waals surface area contributed by atoms with Gasteiger partial charge in [-0.1, -0.05) is 12.1 Å². The molecule has 0 aliphatic heterocycles. The SMILES string of the molecule is [C-]#[N+]C1=C(c2ccc([N+]#[C-])c(F)c2F)/C(=C(/C#N)[N+]#[C-])c2cc3c(c(F)c21)C(C#N)=C(c1ccc(C#N)c(F)c1F)/C3=C(\C#N)[N+]#[C-]. The number of hydrogen-bond donors (Lipinski definition) is 0. The predicted octanol–water partition coefficient (Wildman–Crippen LogP) is 8.36. The van der Waals surface area contributed by atoms with E-state index in [-0.39, 0.29) is 0 Å². The van der Waals surface area contributed by atoms with Gasteiger partial charge in [-0.3, -0.25) is 0 Å². The molecular formula is C34H5F5N8. The maximum atomic E-state index is 16.9. The fourth-order valence-corrected chi connectivity index (χ4v) is 5.45. The summed E-state index contributed by atoms with van der Waals surface area (Å²) >= 11 is 0. The van der Waals surface area contributed by atoms with Crippen LogP contribution in [0.5, 0.6) is 0 Å². The molecule has 0 saturated carbocycles. The van der Waals surface area contributed by atoms with E-state index in [9.17, 15) is 24.6 Å². The van der Waals surface area contributed by atoms with E-state index in [1.54, 1.807) is 18.2 Å². The van der Waals surface area contributed by atoms with Crippen LogP contribution in [0, 0.1) is 101 Å². The summed E-state index contributed by atoms with van der Waals surface area (Å²) in [5.74, 6) is -7.95. The first-order chi connectivity index (χ1) is 22.6. The number of nitriles is 4. The summed E-state index contributed by atoms with van der Waals surface area (Å²) in [7, 11) is 0. The Kier molecular flexibility index (Phi) is 7.41. The monoisotopic (exact) mass is 620 g/mol. The molecule has 0 amide bonds. The molecule has 216 valence electrons. The second kappa shape index (κ2) is 11.4. The van der Waals surface area contributed by atoms with Crippen molar-refractivity contribution in [2.75, 3.05) is 0 Å². The molecule has 47 heavy (non-hydrogen) atoms. The molecule has 0 unspecified atom stereocenters. The summed E-state index contributed by atoms with van der Waals surface area (Å²) in [4.78, 5) is 12.4. The maximum Gasteiger partial charge on any atom is 0.270 e. The van der Waals surface area contributed by atoms with Gasteiger partial charge in [-0.05, 0) is 40.5 Å². The molecule has 0 spiro atoms. The summed E-state index contributed by atoms with van der Waals surface area (Å²) in [5, 5.41) is 39.0. The van der Waals surface area contributed by atoms with Gasteiger partial charge in [0.25, 0.3) is 11.4 Å². The van der Waals surface area contributed by atoms with Crippen LogP contribution in [0.2, 0.25) is 0 Å². The van der Waals surface area contributed by atoms with Crippen LogP contribution in [0.4, 0.5) is 27.6 Å². The van der Waals surface area contributed by atoms with Gasteiger partial charge in [-0.2, -0.15) is 10.5 Å². The Labute approximate surface area is 261 Å². The zero-order valence-electron chi connectivity index (χ0n) is 22.9. The van der Waals surface area contributed by atoms with Crippen LogP contribution in [-0.4, -0.2) is 0 Å². The van der Waals surface area contributed by atoms with Crippen LogP contribution in [0.3, 0.4) is 0 Å². The Morgan fingerprint density at radius 2 is 1.13 bits per heavy atom. The molecule has 0 atom stereocenters. The average molecular weight is 620 g/mol. The minimum atomic E-state index is -1.66. The van der Waals surface area contributed by atoms with Crippen molar-refractivity contribution in [1.29, 1.82) is 21.0 Å². The molecule has 8 nitrogen and oxygen atoms in total. The molecular weight excluding hydrogens is 615 g/mol. The molecule has 3 aromatic rings. The number of rotatable bonds is 2. The zero-order valence-corrected chi connectivity index (χ0v) is 22.9. The molecule has 5 rings (SSSR count). The summed E-state index contributed by atoms with van der Waals surface area (Å²) in [6, 6.07) is 10.8. The number of allylic oxidation sites excluding steroid dienone is 7. The van der Waals surface area contributed by atoms with Crippen LogP contribution in [-0.2, 0) is 0 Å². The highest BCUT2D eigenvalue weighted by molar-refractivity contribution is 6.29. The van der Waals surface area contributed by atoms with E-state index in [0.717, 1.165) is 30.3 Å². The van der Waals surface area contributed by atoms with Crippen LogP contribution in [0.1, 0.15) is 38.9 Å². The fourth-order valence-electron chi connectivity index (χ4n) is 5.45. The lowest BCUT2D eigenvalue weighted by molar-refractivity contribution is 0.504. The molecule has 13 heteroatoms. The lowest BCUT2D eigenvalue weighted by Gasteiger charge is -2.14. The van der Waals surface area contributed by atoms with Crippen LogP contribution < -0.4 is 0 Å². The van der Waals surface area contributed by atoms with E-state index in [0.29, 0.717) is 0 Å². The molecule has 0 heterocycles. The minimum Gasteiger partial charge on any atom is -0.237 e. The van der Waals surface area contributed by atoms with E-state index in [4.69, 9.17) is 31.6 Å². The molecule has 0 N–H and O–H groups in total. The van der Waals surface area contributed by atoms with E-state index < -0.39 is 119 Å². The van der Waals surface area contributed by atoms with Gasteiger partial charge in [-0.15, -0.1) is 0 Å². The number of hydrogen-bond acceptors (Lipinski definition) is 4. The van der Waals surface area contributed by atoms with Gasteiger partial charge in [-0.25, -0.2) is 51.9 Å². The Bertz CT molecular complexity index is 2340. The highest BCUT2D eigenvalue weighted by Gasteiger charge is 2.41. The van der Waals surface area contributed by atoms with Crippen molar-refractivity contribution in [3.63, 3.8) is 0 Å². The first-order valence-corrected chi connectivity index (χ1v) is 12.5. The number of benzene rings is 3. The number of halogens is 5. The standard InChI is InChI=1S/C34H5F5N8/c1-44-20-8-7-16(31(37)32(20)38)27-26(22(13-43)46-3)18-9-17-24(33(39)28(18)34(27)47-4)19(11-41)23(25(17)21(12-42)45-2)15-6-5-14(10-40)29(35)30(15)36/h5-9H/b25-21+,26-22-. The van der Waals surface area contributed by atoms with Crippen LogP contribution in [0.25, 0.3) is 52.9 Å². The number of fused-ring (bicyclic) bond motifs is 2. The van der Waals surface area contributed by atoms with Crippen molar-refractivity contribution in [2.45, 2.75) is 0 Å². The second-order valence-corrected chi connectivity index (χ2v) is 9.40. The number of nitrogens with zero attached hydrogens (tertiary/aromatic N) is 8. The van der Waals surface area contributed by atoms with Crippen molar-refractivity contribution in [2.24, 2.45) is 0 Å². The van der Waals surface area contributed by atoms with Gasteiger partial charge in [0.1, 0.15) is 18.0 Å². The topological polar surface area (TPSA) is 113 Å². The maximum absolute atomic E-state index is 16.9. The Balaban J connectivity index is 2.02. The normalized spacial score (nSPS) is 14.7. The average Bonchev–Trinajstić information content (AvgIpc) is 3.58. The van der Waals surface area contributed by atoms with Crippen molar-refractivity contribution in [3.8, 4) is 24.3 Å². The minimum absolute atomic E-state index is 0.423. The molecule has 0 bridgehead atoms. The molecule has 3 aromatic carbocycles. The smallest absolute Gasteiger partial charge is 0.237 e. The van der Waals surface area contributed by atoms with Gasteiger partial charge >= 0.3 is 0 Å². The van der Waals surface area contributed by atoms with E-state index in [1.165, 1.54) is 6.07 Å². The third-order valence-corrected chi connectivity index (χ3v) is 7.34. The summed E-state index contributed by atoms with van der Waals surface area (Å²) in [5.41, 5.74) is -10.4. The summed E-state index contributed by atoms with van der Waals surface area (Å²) in [6.07, 6.45) is 0. The Hall–Kier alpha value is -7.81. The van der Waals surface area contributed by atoms with Crippen molar-refractivity contribution in [1.82, 2.24) is 0 Å². The molecule has 0 aromatic heterocycles. The molecule has 0 fully saturated rings. The molecule has 0 radical (unpaired) electrons. The Morgan fingerprint density at radius 3 is 1.66 bits per heavy atom. The van der Waals surface area contributed by atoms with Gasteiger partial charge in [0.15, 0.2) is 23.3 Å². The molecule has 2 aliphatic rings. The van der Waals surface area contributed by atoms with Gasteiger partial charge in [0.2, 0.25) is 11.4 Å². The lowest BCUT2D eigenvalue weighted by atomic mass is 9.90. The third kappa shape index (κ3) is 4.12. The van der Waals surface area contributed by atoms with Crippen LogP contribution in [0.15, 0.2) is 41.7 Å². The lowest BCUT2D eigenvalue weighted by Crippen LogP contribution is -2.00. The molecule has 2 aliphatic carbocycles. The first kappa shape index (κ1) is 30.6.